The molecule has 0 spiro atoms. The lowest BCUT2D eigenvalue weighted by atomic mass is 9.96. The number of carbonyl (C=O) groups is 3. The van der Waals surface area contributed by atoms with E-state index < -0.39 is 32.6 Å². The van der Waals surface area contributed by atoms with E-state index in [-0.39, 0.29) is 18.8 Å². The van der Waals surface area contributed by atoms with Crippen molar-refractivity contribution >= 4 is 27.7 Å². The normalized spacial score (nSPS) is 13.8. The van der Waals surface area contributed by atoms with Crippen LogP contribution in [0.25, 0.3) is 0 Å². The fraction of sp³-hybridized carbons (Fsp3) is 0.783. The van der Waals surface area contributed by atoms with E-state index in [0.29, 0.717) is 38.5 Å². The molecule has 0 aliphatic heterocycles. The third kappa shape index (κ3) is 11.0. The molecule has 9 heteroatoms. The summed E-state index contributed by atoms with van der Waals surface area (Å²) in [6.07, 6.45) is 6.22. The molecule has 0 radical (unpaired) electrons. The zero-order chi connectivity index (χ0) is 24.6. The molecule has 0 saturated heterocycles. The number of ether oxygens (including phenoxy) is 3. The number of rotatable bonds is 15. The molecule has 0 aliphatic carbocycles. The maximum atomic E-state index is 12.7. The Labute approximate surface area is 192 Å². The minimum absolute atomic E-state index is 0.0550. The quantitative estimate of drug-likeness (QED) is 0.154. The SMILES string of the molecule is CCCCCC(C#CCC(CCCCCCC(=O)OC)(C(=O)OC)S(C)(=O)=O)OC(C)=O. The van der Waals surface area contributed by atoms with Crippen molar-refractivity contribution in [2.45, 2.75) is 95.3 Å². The molecule has 0 aromatic heterocycles. The van der Waals surface area contributed by atoms with Crippen molar-refractivity contribution < 1.29 is 37.0 Å². The fourth-order valence-electron chi connectivity index (χ4n) is 3.30. The zero-order valence-electron chi connectivity index (χ0n) is 20.0. The average Bonchev–Trinajstić information content (AvgIpc) is 2.72. The van der Waals surface area contributed by atoms with Gasteiger partial charge in [-0.2, -0.15) is 0 Å². The average molecular weight is 475 g/mol. The van der Waals surface area contributed by atoms with Gasteiger partial charge in [-0.3, -0.25) is 14.4 Å². The number of hydrogen-bond donors (Lipinski definition) is 0. The van der Waals surface area contributed by atoms with Gasteiger partial charge in [-0.15, -0.1) is 0 Å². The van der Waals surface area contributed by atoms with Crippen molar-refractivity contribution in [3.05, 3.63) is 0 Å². The maximum absolute atomic E-state index is 12.7. The summed E-state index contributed by atoms with van der Waals surface area (Å²) < 4.78 is 38.2. The highest BCUT2D eigenvalue weighted by atomic mass is 32.2. The molecule has 2 atom stereocenters. The van der Waals surface area contributed by atoms with Crippen LogP contribution < -0.4 is 0 Å². The van der Waals surface area contributed by atoms with Gasteiger partial charge in [0.25, 0.3) is 0 Å². The van der Waals surface area contributed by atoms with E-state index in [1.807, 2.05) is 0 Å². The highest BCUT2D eigenvalue weighted by Gasteiger charge is 2.48. The Balaban J connectivity index is 5.37. The number of esters is 3. The Morgan fingerprint density at radius 2 is 1.62 bits per heavy atom. The molecular formula is C23H38O8S. The first-order valence-corrected chi connectivity index (χ1v) is 12.9. The fourth-order valence-corrected chi connectivity index (χ4v) is 4.54. The molecule has 0 aliphatic rings. The summed E-state index contributed by atoms with van der Waals surface area (Å²) in [5.74, 6) is 4.01. The summed E-state index contributed by atoms with van der Waals surface area (Å²) in [4.78, 5) is 35.1. The minimum atomic E-state index is -3.85. The van der Waals surface area contributed by atoms with Gasteiger partial charge in [-0.1, -0.05) is 50.9 Å². The maximum Gasteiger partial charge on any atom is 0.328 e. The first-order valence-electron chi connectivity index (χ1n) is 11.0. The van der Waals surface area contributed by atoms with Gasteiger partial charge in [-0.05, 0) is 25.7 Å². The summed E-state index contributed by atoms with van der Waals surface area (Å²) >= 11 is 0. The van der Waals surface area contributed by atoms with Gasteiger partial charge in [0.15, 0.2) is 20.7 Å². The first-order chi connectivity index (χ1) is 15.0. The Morgan fingerprint density at radius 1 is 0.969 bits per heavy atom. The van der Waals surface area contributed by atoms with E-state index >= 15 is 0 Å². The summed E-state index contributed by atoms with van der Waals surface area (Å²) in [6.45, 7) is 3.35. The summed E-state index contributed by atoms with van der Waals surface area (Å²) in [5.41, 5.74) is 0. The number of sulfone groups is 1. The topological polar surface area (TPSA) is 113 Å². The van der Waals surface area contributed by atoms with Crippen molar-refractivity contribution in [2.75, 3.05) is 20.5 Å². The monoisotopic (exact) mass is 474 g/mol. The van der Waals surface area contributed by atoms with Crippen LogP contribution in [0.4, 0.5) is 0 Å². The Bertz CT molecular complexity index is 763. The van der Waals surface area contributed by atoms with Gasteiger partial charge >= 0.3 is 17.9 Å². The number of hydrogen-bond acceptors (Lipinski definition) is 8. The molecule has 0 bridgehead atoms. The van der Waals surface area contributed by atoms with Crippen LogP contribution in [-0.4, -0.2) is 57.7 Å². The van der Waals surface area contributed by atoms with Gasteiger partial charge < -0.3 is 14.2 Å². The second-order valence-corrected chi connectivity index (χ2v) is 10.2. The van der Waals surface area contributed by atoms with E-state index in [2.05, 4.69) is 23.5 Å². The van der Waals surface area contributed by atoms with E-state index in [1.54, 1.807) is 0 Å². The molecule has 0 aromatic rings. The predicted molar refractivity (Wildman–Crippen MR) is 121 cm³/mol. The Hall–Kier alpha value is -2.08. The smallest absolute Gasteiger partial charge is 0.328 e. The molecule has 2 unspecified atom stereocenters. The number of methoxy groups -OCH3 is 2. The van der Waals surface area contributed by atoms with E-state index in [1.165, 1.54) is 14.0 Å². The summed E-state index contributed by atoms with van der Waals surface area (Å²) in [5, 5.41) is 0. The second-order valence-electron chi connectivity index (χ2n) is 7.84. The number of carbonyl (C=O) groups excluding carboxylic acids is 3. The molecule has 0 heterocycles. The van der Waals surface area contributed by atoms with Crippen LogP contribution in [0, 0.1) is 11.8 Å². The molecular weight excluding hydrogens is 436 g/mol. The molecule has 0 fully saturated rings. The summed E-state index contributed by atoms with van der Waals surface area (Å²) in [6, 6.07) is 0. The van der Waals surface area contributed by atoms with Gasteiger partial charge in [-0.25, -0.2) is 8.42 Å². The van der Waals surface area contributed by atoms with Gasteiger partial charge in [0.1, 0.15) is 0 Å². The van der Waals surface area contributed by atoms with Crippen LogP contribution in [0.15, 0.2) is 0 Å². The lowest BCUT2D eigenvalue weighted by Crippen LogP contribution is -2.46. The Kier molecular flexibility index (Phi) is 14.7. The van der Waals surface area contributed by atoms with Crippen LogP contribution in [0.5, 0.6) is 0 Å². The van der Waals surface area contributed by atoms with Crippen LogP contribution in [0.1, 0.15) is 84.5 Å². The van der Waals surface area contributed by atoms with Crippen LogP contribution in [0.2, 0.25) is 0 Å². The zero-order valence-corrected chi connectivity index (χ0v) is 20.8. The molecule has 8 nitrogen and oxygen atoms in total. The molecule has 0 amide bonds. The van der Waals surface area contributed by atoms with Gasteiger partial charge in [0.2, 0.25) is 0 Å². The molecule has 0 rings (SSSR count). The highest BCUT2D eigenvalue weighted by molar-refractivity contribution is 7.92. The second kappa shape index (κ2) is 15.7. The molecule has 0 saturated carbocycles. The van der Waals surface area contributed by atoms with Crippen molar-refractivity contribution in [3.8, 4) is 11.8 Å². The highest BCUT2D eigenvalue weighted by Crippen LogP contribution is 2.30. The van der Waals surface area contributed by atoms with Crippen molar-refractivity contribution in [1.29, 1.82) is 0 Å². The van der Waals surface area contributed by atoms with E-state index in [4.69, 9.17) is 9.47 Å². The van der Waals surface area contributed by atoms with Crippen molar-refractivity contribution in [1.82, 2.24) is 0 Å². The lowest BCUT2D eigenvalue weighted by molar-refractivity contribution is -0.145. The third-order valence-electron chi connectivity index (χ3n) is 5.22. The van der Waals surface area contributed by atoms with E-state index in [9.17, 15) is 22.8 Å². The van der Waals surface area contributed by atoms with Crippen molar-refractivity contribution in [2.24, 2.45) is 0 Å². The molecule has 0 N–H and O–H groups in total. The number of unbranched alkanes of at least 4 members (excludes halogenated alkanes) is 5. The first kappa shape index (κ1) is 29.9. The van der Waals surface area contributed by atoms with Gasteiger partial charge in [0, 0.05) is 26.0 Å². The summed E-state index contributed by atoms with van der Waals surface area (Å²) in [7, 11) is -1.37. The third-order valence-corrected chi connectivity index (χ3v) is 7.16. The largest absolute Gasteiger partial charge is 0.469 e. The van der Waals surface area contributed by atoms with Crippen LogP contribution >= 0.6 is 0 Å². The Morgan fingerprint density at radius 3 is 2.16 bits per heavy atom. The standard InChI is InChI=1S/C23H38O8S/c1-6-7-10-14-20(31-19(2)24)15-13-18-23(22(26)30-4,32(5,27)28)17-12-9-8-11-16-21(25)29-3/h20H,6-12,14,16-18H2,1-5H3. The molecule has 184 valence electrons. The molecule has 32 heavy (non-hydrogen) atoms. The minimum Gasteiger partial charge on any atom is -0.469 e. The van der Waals surface area contributed by atoms with Crippen molar-refractivity contribution in [3.63, 3.8) is 0 Å². The molecule has 0 aromatic carbocycles. The lowest BCUT2D eigenvalue weighted by Gasteiger charge is -2.27. The predicted octanol–water partition coefficient (Wildman–Crippen LogP) is 3.36. The van der Waals surface area contributed by atoms with Crippen LogP contribution in [-0.2, 0) is 38.4 Å². The van der Waals surface area contributed by atoms with Crippen LogP contribution in [0.3, 0.4) is 0 Å². The van der Waals surface area contributed by atoms with Gasteiger partial charge in [0.05, 0.1) is 14.2 Å². The van der Waals surface area contributed by atoms with E-state index in [0.717, 1.165) is 32.6 Å².